The van der Waals surface area contributed by atoms with E-state index in [4.69, 9.17) is 5.73 Å². The Morgan fingerprint density at radius 3 is 2.63 bits per heavy atom. The molecule has 0 aliphatic carbocycles. The third-order valence-corrected chi connectivity index (χ3v) is 7.49. The minimum absolute atomic E-state index is 0.110. The Bertz CT molecular complexity index is 1860. The highest BCUT2D eigenvalue weighted by Crippen LogP contribution is 2.28. The van der Waals surface area contributed by atoms with Crippen LogP contribution in [0.15, 0.2) is 79.4 Å². The van der Waals surface area contributed by atoms with Crippen LogP contribution >= 0.6 is 0 Å². The number of carbonyl (C=O) groups excluding carboxylic acids is 2. The van der Waals surface area contributed by atoms with Crippen LogP contribution in [0.3, 0.4) is 0 Å². The normalized spacial score (nSPS) is 11.7. The number of nitrogens with two attached hydrogens (primary N) is 1. The number of nitrogens with zero attached hydrogens (tertiary/aromatic N) is 3. The van der Waals surface area contributed by atoms with Crippen molar-refractivity contribution < 1.29 is 14.0 Å². The average molecular weight is 621 g/mol. The number of carbonyl (C=O) groups is 2. The van der Waals surface area contributed by atoms with Crippen LogP contribution in [0.4, 0.5) is 15.8 Å². The maximum Gasteiger partial charge on any atom is 0.258 e. The van der Waals surface area contributed by atoms with Crippen LogP contribution in [0.25, 0.3) is 5.65 Å². The summed E-state index contributed by atoms with van der Waals surface area (Å²) in [5, 5.41) is 6.09. The molecule has 2 heterocycles. The largest absolute Gasteiger partial charge is 0.403 e. The second-order valence-corrected chi connectivity index (χ2v) is 12.1. The first-order chi connectivity index (χ1) is 22.0. The number of allylic oxidation sites excluding steroid dienone is 1. The van der Waals surface area contributed by atoms with Gasteiger partial charge in [-0.15, -0.1) is 0 Å². The van der Waals surface area contributed by atoms with Gasteiger partial charge in [-0.2, -0.15) is 0 Å². The van der Waals surface area contributed by atoms with E-state index >= 15 is 4.39 Å². The molecule has 0 saturated carbocycles. The van der Waals surface area contributed by atoms with Gasteiger partial charge < -0.3 is 21.2 Å². The van der Waals surface area contributed by atoms with E-state index in [1.807, 2.05) is 34.9 Å². The number of amides is 1. The highest BCUT2D eigenvalue weighted by Gasteiger charge is 2.19. The lowest BCUT2D eigenvalue weighted by Crippen LogP contribution is -2.26. The van der Waals surface area contributed by atoms with Gasteiger partial charge in [0, 0.05) is 30.2 Å². The van der Waals surface area contributed by atoms with Gasteiger partial charge in [-0.05, 0) is 90.4 Å². The number of imidazole rings is 1. The average Bonchev–Trinajstić information content (AvgIpc) is 3.43. The molecule has 4 aromatic rings. The van der Waals surface area contributed by atoms with Crippen LogP contribution in [0.5, 0.6) is 0 Å². The van der Waals surface area contributed by atoms with Gasteiger partial charge in [0.25, 0.3) is 5.91 Å². The van der Waals surface area contributed by atoms with Gasteiger partial charge in [-0.3, -0.25) is 14.1 Å². The van der Waals surface area contributed by atoms with Crippen molar-refractivity contribution in [2.45, 2.75) is 53.0 Å². The summed E-state index contributed by atoms with van der Waals surface area (Å²) in [6.45, 7) is 15.5. The summed E-state index contributed by atoms with van der Waals surface area (Å²) in [6.07, 6.45) is 8.32. The summed E-state index contributed by atoms with van der Waals surface area (Å²) < 4.78 is 17.0. The van der Waals surface area contributed by atoms with Gasteiger partial charge in [0.15, 0.2) is 5.65 Å². The maximum atomic E-state index is 15.2. The lowest BCUT2D eigenvalue weighted by Gasteiger charge is -2.24. The van der Waals surface area contributed by atoms with Crippen molar-refractivity contribution in [2.24, 2.45) is 5.73 Å². The summed E-state index contributed by atoms with van der Waals surface area (Å²) in [5.74, 6) is 5.01. The fourth-order valence-electron chi connectivity index (χ4n) is 5.03. The third kappa shape index (κ3) is 8.09. The van der Waals surface area contributed by atoms with E-state index in [2.05, 4.69) is 72.7 Å². The first kappa shape index (κ1) is 33.7. The molecule has 8 nitrogen and oxygen atoms in total. The molecule has 0 aliphatic heterocycles. The van der Waals surface area contributed by atoms with E-state index in [0.717, 1.165) is 36.1 Å². The number of benzene rings is 2. The molecule has 9 heteroatoms. The SMILES string of the molecule is C=C/C(=C\N)Nc1cccn2c(C#Cc3cc(C(=O)Nc4cc(CN(CC=O)CCC)cc(C(C)(C)C)c4)c(F)cc3C)cnc12. The molecule has 2 aromatic carbocycles. The first-order valence-electron chi connectivity index (χ1n) is 15.2. The molecule has 238 valence electrons. The zero-order chi connectivity index (χ0) is 33.4. The zero-order valence-electron chi connectivity index (χ0n) is 27.1. The summed E-state index contributed by atoms with van der Waals surface area (Å²) in [5.41, 5.74) is 11.6. The highest BCUT2D eigenvalue weighted by atomic mass is 19.1. The fourth-order valence-corrected chi connectivity index (χ4v) is 5.03. The number of hydrogen-bond acceptors (Lipinski definition) is 6. The number of rotatable bonds is 11. The lowest BCUT2D eigenvalue weighted by atomic mass is 9.85. The van der Waals surface area contributed by atoms with Crippen LogP contribution in [0.2, 0.25) is 0 Å². The number of anilines is 2. The van der Waals surface area contributed by atoms with E-state index in [0.29, 0.717) is 46.9 Å². The van der Waals surface area contributed by atoms with Crippen molar-refractivity contribution in [1.82, 2.24) is 14.3 Å². The van der Waals surface area contributed by atoms with Gasteiger partial charge >= 0.3 is 0 Å². The van der Waals surface area contributed by atoms with Crippen LogP contribution in [0.1, 0.15) is 72.4 Å². The Morgan fingerprint density at radius 1 is 1.17 bits per heavy atom. The minimum Gasteiger partial charge on any atom is -0.403 e. The van der Waals surface area contributed by atoms with E-state index in [1.54, 1.807) is 19.2 Å². The van der Waals surface area contributed by atoms with Crippen molar-refractivity contribution in [3.8, 4) is 11.8 Å². The van der Waals surface area contributed by atoms with Gasteiger partial charge in [0.05, 0.1) is 29.7 Å². The van der Waals surface area contributed by atoms with Crippen molar-refractivity contribution in [2.75, 3.05) is 23.7 Å². The molecular weight excluding hydrogens is 579 g/mol. The molecule has 0 unspecified atom stereocenters. The number of aryl methyl sites for hydroxylation is 1. The monoisotopic (exact) mass is 620 g/mol. The Labute approximate surface area is 270 Å². The lowest BCUT2D eigenvalue weighted by molar-refractivity contribution is -0.109. The summed E-state index contributed by atoms with van der Waals surface area (Å²) in [6, 6.07) is 12.4. The molecule has 4 rings (SSSR count). The second kappa shape index (κ2) is 14.7. The Hall–Kier alpha value is -5.20. The smallest absolute Gasteiger partial charge is 0.258 e. The molecule has 0 saturated heterocycles. The van der Waals surface area contributed by atoms with Crippen LogP contribution < -0.4 is 16.4 Å². The highest BCUT2D eigenvalue weighted by molar-refractivity contribution is 6.05. The molecule has 4 N–H and O–H groups in total. The van der Waals surface area contributed by atoms with Gasteiger partial charge in [0.2, 0.25) is 0 Å². The van der Waals surface area contributed by atoms with E-state index < -0.39 is 11.7 Å². The quantitative estimate of drug-likeness (QED) is 0.1000. The second-order valence-electron chi connectivity index (χ2n) is 12.1. The number of halogens is 1. The predicted molar refractivity (Wildman–Crippen MR) is 183 cm³/mol. The van der Waals surface area contributed by atoms with Gasteiger partial charge in [0.1, 0.15) is 17.8 Å². The Kier molecular flexibility index (Phi) is 10.8. The third-order valence-electron chi connectivity index (χ3n) is 7.49. The van der Waals surface area contributed by atoms with Crippen LogP contribution in [0, 0.1) is 24.6 Å². The number of aromatic nitrogens is 2. The minimum atomic E-state index is -0.635. The Morgan fingerprint density at radius 2 is 1.96 bits per heavy atom. The van der Waals surface area contributed by atoms with E-state index in [-0.39, 0.29) is 11.0 Å². The van der Waals surface area contributed by atoms with Gasteiger partial charge in [-0.25, -0.2) is 9.37 Å². The molecule has 2 aromatic heterocycles. The number of hydrogen-bond donors (Lipinski definition) is 3. The van der Waals surface area contributed by atoms with Crippen molar-refractivity contribution in [1.29, 1.82) is 0 Å². The summed E-state index contributed by atoms with van der Waals surface area (Å²) in [7, 11) is 0. The fraction of sp³-hybridized carbons (Fsp3) is 0.270. The number of fused-ring (bicyclic) bond motifs is 1. The van der Waals surface area contributed by atoms with Crippen molar-refractivity contribution in [3.63, 3.8) is 0 Å². The summed E-state index contributed by atoms with van der Waals surface area (Å²) in [4.78, 5) is 31.3. The molecule has 0 bridgehead atoms. The standard InChI is InChI=1S/C37H41FN6O2/c1-7-13-43(15-16-45)24-26-18-28(37(4,5)6)21-30(19-26)42-36(46)32-20-27(25(3)17-33(32)38)11-12-31-23-40-35-34(10-9-14-44(31)35)41-29(8-2)22-39/h8-10,14,16-23,41H,2,7,13,15,24,39H2,1,3-6H3,(H,42,46)/b29-22+. The van der Waals surface area contributed by atoms with Crippen LogP contribution in [-0.4, -0.2) is 39.6 Å². The van der Waals surface area contributed by atoms with Gasteiger partial charge in [-0.1, -0.05) is 46.3 Å². The molecular formula is C37H41FN6O2. The molecule has 0 atom stereocenters. The molecule has 46 heavy (non-hydrogen) atoms. The van der Waals surface area contributed by atoms with Crippen molar-refractivity contribution in [3.05, 3.63) is 119 Å². The number of aldehydes is 1. The van der Waals surface area contributed by atoms with E-state index in [9.17, 15) is 9.59 Å². The van der Waals surface area contributed by atoms with Crippen LogP contribution in [-0.2, 0) is 16.8 Å². The molecule has 1 amide bonds. The topological polar surface area (TPSA) is 105 Å². The Balaban J connectivity index is 1.64. The zero-order valence-corrected chi connectivity index (χ0v) is 27.1. The predicted octanol–water partition coefficient (Wildman–Crippen LogP) is 6.54. The number of nitrogens with one attached hydrogen (secondary N) is 2. The summed E-state index contributed by atoms with van der Waals surface area (Å²) >= 11 is 0. The molecule has 0 spiro atoms. The molecule has 0 aliphatic rings. The number of pyridine rings is 1. The molecule has 0 fully saturated rings. The molecule has 0 radical (unpaired) electrons. The van der Waals surface area contributed by atoms with Crippen molar-refractivity contribution >= 4 is 29.2 Å². The first-order valence-corrected chi connectivity index (χ1v) is 15.2. The maximum absolute atomic E-state index is 15.2. The van der Waals surface area contributed by atoms with E-state index in [1.165, 1.54) is 18.3 Å².